The summed E-state index contributed by atoms with van der Waals surface area (Å²) in [5, 5.41) is 16.7. The van der Waals surface area contributed by atoms with Gasteiger partial charge in [-0.2, -0.15) is 0 Å². The van der Waals surface area contributed by atoms with E-state index in [-0.39, 0.29) is 6.61 Å². The molecule has 0 radical (unpaired) electrons. The van der Waals surface area contributed by atoms with Crippen LogP contribution < -0.4 is 0 Å². The summed E-state index contributed by atoms with van der Waals surface area (Å²) in [6.45, 7) is 2.78. The Hall–Kier alpha value is -1.68. The van der Waals surface area contributed by atoms with Gasteiger partial charge in [0.05, 0.1) is 6.54 Å². The second kappa shape index (κ2) is 4.90. The Labute approximate surface area is 94.6 Å². The van der Waals surface area contributed by atoms with Gasteiger partial charge in [-0.25, -0.2) is 0 Å². The van der Waals surface area contributed by atoms with Crippen LogP contribution in [0.25, 0.3) is 0 Å². The minimum absolute atomic E-state index is 0.0751. The SMILES string of the molecule is CCc1ccccc1Cn1cnnc1CO. The maximum atomic E-state index is 9.09. The number of hydrogen-bond acceptors (Lipinski definition) is 3. The van der Waals surface area contributed by atoms with E-state index in [9.17, 15) is 0 Å². The first-order chi connectivity index (χ1) is 7.85. The van der Waals surface area contributed by atoms with Crippen molar-refractivity contribution in [3.8, 4) is 0 Å². The molecule has 16 heavy (non-hydrogen) atoms. The molecule has 1 N–H and O–H groups in total. The highest BCUT2D eigenvalue weighted by Gasteiger charge is 2.05. The zero-order valence-electron chi connectivity index (χ0n) is 9.30. The van der Waals surface area contributed by atoms with Crippen LogP contribution in [-0.2, 0) is 19.6 Å². The van der Waals surface area contributed by atoms with E-state index < -0.39 is 0 Å². The molecule has 0 fully saturated rings. The first-order valence-electron chi connectivity index (χ1n) is 5.39. The molecule has 0 atom stereocenters. The van der Waals surface area contributed by atoms with Gasteiger partial charge in [0.25, 0.3) is 0 Å². The van der Waals surface area contributed by atoms with Gasteiger partial charge in [-0.15, -0.1) is 10.2 Å². The van der Waals surface area contributed by atoms with Gasteiger partial charge in [-0.1, -0.05) is 31.2 Å². The van der Waals surface area contributed by atoms with Gasteiger partial charge in [0.15, 0.2) is 5.82 Å². The van der Waals surface area contributed by atoms with Crippen LogP contribution in [0.15, 0.2) is 30.6 Å². The number of aryl methyl sites for hydroxylation is 1. The second-order valence-electron chi connectivity index (χ2n) is 3.66. The number of benzene rings is 1. The largest absolute Gasteiger partial charge is 0.388 e. The number of aliphatic hydroxyl groups excluding tert-OH is 1. The van der Waals surface area contributed by atoms with E-state index in [1.165, 1.54) is 11.1 Å². The van der Waals surface area contributed by atoms with E-state index in [1.807, 2.05) is 16.7 Å². The van der Waals surface area contributed by atoms with Crippen molar-refractivity contribution in [1.82, 2.24) is 14.8 Å². The Bertz CT molecular complexity index is 465. The van der Waals surface area contributed by atoms with Crippen molar-refractivity contribution in [1.29, 1.82) is 0 Å². The summed E-state index contributed by atoms with van der Waals surface area (Å²) in [6, 6.07) is 8.29. The normalized spacial score (nSPS) is 10.6. The third-order valence-electron chi connectivity index (χ3n) is 2.68. The molecule has 1 heterocycles. The summed E-state index contributed by atoms with van der Waals surface area (Å²) in [5.41, 5.74) is 2.57. The smallest absolute Gasteiger partial charge is 0.158 e. The maximum Gasteiger partial charge on any atom is 0.158 e. The van der Waals surface area contributed by atoms with Gasteiger partial charge in [0.1, 0.15) is 12.9 Å². The molecule has 0 spiro atoms. The molecule has 4 heteroatoms. The van der Waals surface area contributed by atoms with E-state index in [1.54, 1.807) is 6.33 Å². The molecule has 0 saturated carbocycles. The van der Waals surface area contributed by atoms with Crippen molar-refractivity contribution in [3.05, 3.63) is 47.5 Å². The Kier molecular flexibility index (Phi) is 3.31. The summed E-state index contributed by atoms with van der Waals surface area (Å²) in [5.74, 6) is 0.603. The van der Waals surface area contributed by atoms with E-state index in [0.717, 1.165) is 6.42 Å². The minimum Gasteiger partial charge on any atom is -0.388 e. The average molecular weight is 217 g/mol. The van der Waals surface area contributed by atoms with Crippen LogP contribution in [0.3, 0.4) is 0 Å². The van der Waals surface area contributed by atoms with Crippen molar-refractivity contribution in [2.75, 3.05) is 0 Å². The molecular formula is C12H15N3O. The molecule has 0 aliphatic heterocycles. The maximum absolute atomic E-state index is 9.09. The number of rotatable bonds is 4. The molecule has 1 aromatic heterocycles. The first kappa shape index (κ1) is 10.8. The van der Waals surface area contributed by atoms with Crippen LogP contribution in [0.1, 0.15) is 23.9 Å². The molecule has 1 aromatic carbocycles. The van der Waals surface area contributed by atoms with Crippen molar-refractivity contribution in [2.45, 2.75) is 26.5 Å². The minimum atomic E-state index is -0.0751. The van der Waals surface area contributed by atoms with Crippen LogP contribution in [0.2, 0.25) is 0 Å². The van der Waals surface area contributed by atoms with Gasteiger partial charge in [0, 0.05) is 0 Å². The molecule has 84 valence electrons. The van der Waals surface area contributed by atoms with Crippen LogP contribution in [0.5, 0.6) is 0 Å². The second-order valence-corrected chi connectivity index (χ2v) is 3.66. The molecule has 0 bridgehead atoms. The monoisotopic (exact) mass is 217 g/mol. The van der Waals surface area contributed by atoms with Crippen LogP contribution in [-0.4, -0.2) is 19.9 Å². The highest BCUT2D eigenvalue weighted by molar-refractivity contribution is 5.27. The molecular weight excluding hydrogens is 202 g/mol. The summed E-state index contributed by atoms with van der Waals surface area (Å²) >= 11 is 0. The fraction of sp³-hybridized carbons (Fsp3) is 0.333. The molecule has 0 amide bonds. The predicted molar refractivity (Wildman–Crippen MR) is 60.9 cm³/mol. The number of hydrogen-bond donors (Lipinski definition) is 1. The first-order valence-corrected chi connectivity index (χ1v) is 5.39. The Morgan fingerprint density at radius 3 is 2.69 bits per heavy atom. The molecule has 0 saturated heterocycles. The van der Waals surface area contributed by atoms with Gasteiger partial charge in [0.2, 0.25) is 0 Å². The van der Waals surface area contributed by atoms with E-state index in [2.05, 4.69) is 29.3 Å². The standard InChI is InChI=1S/C12H15N3O/c1-2-10-5-3-4-6-11(10)7-15-9-13-14-12(15)8-16/h3-6,9,16H,2,7-8H2,1H3. The Morgan fingerprint density at radius 1 is 1.25 bits per heavy atom. The lowest BCUT2D eigenvalue weighted by atomic mass is 10.1. The third-order valence-corrected chi connectivity index (χ3v) is 2.68. The molecule has 2 aromatic rings. The van der Waals surface area contributed by atoms with E-state index >= 15 is 0 Å². The lowest BCUT2D eigenvalue weighted by molar-refractivity contribution is 0.265. The average Bonchev–Trinajstić information content (AvgIpc) is 2.77. The van der Waals surface area contributed by atoms with Gasteiger partial charge < -0.3 is 9.67 Å². The van der Waals surface area contributed by atoms with Crippen LogP contribution >= 0.6 is 0 Å². The number of aliphatic hydroxyl groups is 1. The van der Waals surface area contributed by atoms with E-state index in [4.69, 9.17) is 5.11 Å². The topological polar surface area (TPSA) is 50.9 Å². The summed E-state index contributed by atoms with van der Waals surface area (Å²) in [4.78, 5) is 0. The van der Waals surface area contributed by atoms with E-state index in [0.29, 0.717) is 12.4 Å². The fourth-order valence-electron chi connectivity index (χ4n) is 1.77. The number of aromatic nitrogens is 3. The van der Waals surface area contributed by atoms with Crippen molar-refractivity contribution >= 4 is 0 Å². The Balaban J connectivity index is 2.26. The lowest BCUT2D eigenvalue weighted by Gasteiger charge is -2.09. The van der Waals surface area contributed by atoms with Gasteiger partial charge >= 0.3 is 0 Å². The molecule has 0 aliphatic rings. The molecule has 0 aliphatic carbocycles. The quantitative estimate of drug-likeness (QED) is 0.841. The van der Waals surface area contributed by atoms with Gasteiger partial charge in [-0.3, -0.25) is 0 Å². The fourth-order valence-corrected chi connectivity index (χ4v) is 1.77. The highest BCUT2D eigenvalue weighted by atomic mass is 16.3. The molecule has 4 nitrogen and oxygen atoms in total. The van der Waals surface area contributed by atoms with Crippen molar-refractivity contribution < 1.29 is 5.11 Å². The summed E-state index contributed by atoms with van der Waals surface area (Å²) < 4.78 is 1.87. The van der Waals surface area contributed by atoms with Crippen molar-refractivity contribution in [3.63, 3.8) is 0 Å². The molecule has 0 unspecified atom stereocenters. The third kappa shape index (κ3) is 2.12. The van der Waals surface area contributed by atoms with Crippen LogP contribution in [0, 0.1) is 0 Å². The van der Waals surface area contributed by atoms with Crippen molar-refractivity contribution in [2.24, 2.45) is 0 Å². The summed E-state index contributed by atoms with van der Waals surface area (Å²) in [6.07, 6.45) is 2.66. The molecule has 2 rings (SSSR count). The summed E-state index contributed by atoms with van der Waals surface area (Å²) in [7, 11) is 0. The number of nitrogens with zero attached hydrogens (tertiary/aromatic N) is 3. The zero-order valence-corrected chi connectivity index (χ0v) is 9.30. The van der Waals surface area contributed by atoms with Gasteiger partial charge in [-0.05, 0) is 17.5 Å². The lowest BCUT2D eigenvalue weighted by Crippen LogP contribution is -2.06. The zero-order chi connectivity index (χ0) is 11.4. The highest BCUT2D eigenvalue weighted by Crippen LogP contribution is 2.11. The Morgan fingerprint density at radius 2 is 2.00 bits per heavy atom. The predicted octanol–water partition coefficient (Wildman–Crippen LogP) is 1.38. The van der Waals surface area contributed by atoms with Crippen LogP contribution in [0.4, 0.5) is 0 Å².